The van der Waals surface area contributed by atoms with E-state index in [1.807, 2.05) is 0 Å². The van der Waals surface area contributed by atoms with Crippen LogP contribution in [0.1, 0.15) is 34.1 Å². The van der Waals surface area contributed by atoms with Gasteiger partial charge in [-0.2, -0.15) is 0 Å². The standard InChI is InChI=1S/C9H13.C5H5.CH2.2ClH.Zr/c1-6-5-7(2)9(4)8(6)3;1-2-4-5-3-1;;;;/h6H,1-4H3;1-3H,4H2;1H2;2*1H;. The molecule has 0 heterocycles. The first-order valence-electron chi connectivity index (χ1n) is 5.98. The van der Waals surface area contributed by atoms with Crippen molar-refractivity contribution in [1.29, 1.82) is 0 Å². The summed E-state index contributed by atoms with van der Waals surface area (Å²) in [5, 5.41) is 0. The molecule has 0 aromatic carbocycles. The van der Waals surface area contributed by atoms with Crippen molar-refractivity contribution >= 4 is 29.0 Å². The first-order valence-corrected chi connectivity index (χ1v) is 10.2. The number of rotatable bonds is 2. The van der Waals surface area contributed by atoms with Crippen molar-refractivity contribution in [2.24, 2.45) is 5.92 Å². The molecule has 0 bridgehead atoms. The van der Waals surface area contributed by atoms with E-state index in [9.17, 15) is 0 Å². The maximum atomic E-state index is 4.58. The van der Waals surface area contributed by atoms with Gasteiger partial charge in [0.2, 0.25) is 0 Å². The maximum absolute atomic E-state index is 4.58. The number of hydrogen-bond acceptors (Lipinski definition) is 0. The Kier molecular flexibility index (Phi) is 7.29. The Morgan fingerprint density at radius 1 is 1.17 bits per heavy atom. The fraction of sp³-hybridized carbons (Fsp3) is 0.400. The average molecular weight is 364 g/mol. The van der Waals surface area contributed by atoms with Gasteiger partial charge in [-0.1, -0.05) is 0 Å². The normalized spacial score (nSPS) is 21.8. The van der Waals surface area contributed by atoms with Gasteiger partial charge in [-0.05, 0) is 0 Å². The molecule has 2 rings (SSSR count). The summed E-state index contributed by atoms with van der Waals surface area (Å²) in [6.45, 7) is 9.21. The van der Waals surface area contributed by atoms with E-state index >= 15 is 0 Å². The molecule has 3 heteroatoms. The van der Waals surface area contributed by atoms with E-state index in [1.54, 1.807) is 17.7 Å². The molecule has 2 aliphatic carbocycles. The van der Waals surface area contributed by atoms with E-state index in [4.69, 9.17) is 0 Å². The van der Waals surface area contributed by atoms with Crippen molar-refractivity contribution < 1.29 is 21.3 Å². The SMILES string of the molecule is Cl.Cl.[CH2]=[Zr]([C]1=CC=CC1)[C]1=C(C)C(C)=C(C)C1C. The first-order chi connectivity index (χ1) is 7.54. The van der Waals surface area contributed by atoms with Gasteiger partial charge >= 0.3 is 107 Å². The van der Waals surface area contributed by atoms with Gasteiger partial charge in [0.1, 0.15) is 0 Å². The quantitative estimate of drug-likeness (QED) is 0.648. The Labute approximate surface area is 131 Å². The summed E-state index contributed by atoms with van der Waals surface area (Å²) in [4.78, 5) is 0. The molecule has 0 saturated carbocycles. The van der Waals surface area contributed by atoms with Crippen molar-refractivity contribution in [3.8, 4) is 0 Å². The van der Waals surface area contributed by atoms with Crippen LogP contribution in [0.2, 0.25) is 0 Å². The van der Waals surface area contributed by atoms with Crippen LogP contribution in [0.5, 0.6) is 0 Å². The van der Waals surface area contributed by atoms with Crippen LogP contribution in [0.25, 0.3) is 0 Å². The molecule has 0 aromatic heterocycles. The van der Waals surface area contributed by atoms with E-state index in [-0.39, 0.29) is 24.8 Å². The predicted octanol–water partition coefficient (Wildman–Crippen LogP) is 4.98. The molecule has 1 atom stereocenters. The Bertz CT molecular complexity index is 479. The molecule has 100 valence electrons. The molecule has 0 spiro atoms. The topological polar surface area (TPSA) is 0 Å². The summed E-state index contributed by atoms with van der Waals surface area (Å²) in [7, 11) is 0. The molecule has 0 aliphatic heterocycles. The minimum absolute atomic E-state index is 0. The average Bonchev–Trinajstić information content (AvgIpc) is 2.84. The number of hydrogen-bond donors (Lipinski definition) is 0. The fourth-order valence-electron chi connectivity index (χ4n) is 2.70. The van der Waals surface area contributed by atoms with E-state index in [0.29, 0.717) is 5.92 Å². The molecular weight excluding hydrogens is 342 g/mol. The third-order valence-corrected chi connectivity index (χ3v) is 10.5. The van der Waals surface area contributed by atoms with Crippen LogP contribution in [0.4, 0.5) is 0 Å². The van der Waals surface area contributed by atoms with Gasteiger partial charge in [-0.3, -0.25) is 0 Å². The van der Waals surface area contributed by atoms with E-state index in [0.717, 1.165) is 0 Å². The summed E-state index contributed by atoms with van der Waals surface area (Å²) < 4.78 is 7.96. The van der Waals surface area contributed by atoms with Gasteiger partial charge < -0.3 is 0 Å². The fourth-order valence-corrected chi connectivity index (χ4v) is 8.56. The molecule has 1 unspecified atom stereocenters. The third kappa shape index (κ3) is 3.06. The molecule has 18 heavy (non-hydrogen) atoms. The van der Waals surface area contributed by atoms with Gasteiger partial charge in [0.15, 0.2) is 0 Å². The van der Waals surface area contributed by atoms with Crippen molar-refractivity contribution in [3.05, 3.63) is 41.5 Å². The second-order valence-electron chi connectivity index (χ2n) is 4.87. The Hall–Kier alpha value is 0.293. The molecule has 0 saturated heterocycles. The minimum atomic E-state index is -1.73. The summed E-state index contributed by atoms with van der Waals surface area (Å²) in [6.07, 6.45) is 7.95. The van der Waals surface area contributed by atoms with Crippen LogP contribution in [-0.4, -0.2) is 4.21 Å². The number of allylic oxidation sites excluding steroid dienone is 8. The summed E-state index contributed by atoms with van der Waals surface area (Å²) in [6, 6.07) is 0. The molecule has 0 nitrogen and oxygen atoms in total. The molecule has 0 radical (unpaired) electrons. The van der Waals surface area contributed by atoms with Crippen molar-refractivity contribution in [2.45, 2.75) is 34.1 Å². The Balaban J connectivity index is 0.00000144. The summed E-state index contributed by atoms with van der Waals surface area (Å²) in [5.41, 5.74) is 4.65. The molecule has 0 N–H and O–H groups in total. The molecular formula is C15H22Cl2Zr. The van der Waals surface area contributed by atoms with E-state index < -0.39 is 21.3 Å². The molecule has 0 fully saturated rings. The van der Waals surface area contributed by atoms with Crippen LogP contribution in [-0.2, 0) is 21.3 Å². The number of halogens is 2. The van der Waals surface area contributed by atoms with Crippen LogP contribution < -0.4 is 0 Å². The van der Waals surface area contributed by atoms with Gasteiger partial charge in [0, 0.05) is 0 Å². The first kappa shape index (κ1) is 18.3. The second kappa shape index (κ2) is 7.18. The predicted molar refractivity (Wildman–Crippen MR) is 83.7 cm³/mol. The Morgan fingerprint density at radius 2 is 1.78 bits per heavy atom. The summed E-state index contributed by atoms with van der Waals surface area (Å²) >= 11 is -1.73. The van der Waals surface area contributed by atoms with Crippen molar-refractivity contribution in [3.63, 3.8) is 0 Å². The van der Waals surface area contributed by atoms with Gasteiger partial charge in [0.05, 0.1) is 0 Å². The molecule has 0 amide bonds. The monoisotopic (exact) mass is 362 g/mol. The van der Waals surface area contributed by atoms with Crippen molar-refractivity contribution in [2.75, 3.05) is 0 Å². The third-order valence-electron chi connectivity index (χ3n) is 4.12. The van der Waals surface area contributed by atoms with Crippen LogP contribution in [0, 0.1) is 5.92 Å². The van der Waals surface area contributed by atoms with Crippen molar-refractivity contribution in [1.82, 2.24) is 0 Å². The van der Waals surface area contributed by atoms with Crippen LogP contribution in [0.3, 0.4) is 0 Å². The molecule has 2 aliphatic rings. The molecule has 0 aromatic rings. The van der Waals surface area contributed by atoms with Crippen LogP contribution in [0.15, 0.2) is 41.5 Å². The van der Waals surface area contributed by atoms with Gasteiger partial charge in [-0.15, -0.1) is 24.8 Å². The van der Waals surface area contributed by atoms with E-state index in [1.165, 1.54) is 12.0 Å². The zero-order valence-corrected chi connectivity index (χ0v) is 15.6. The zero-order valence-electron chi connectivity index (χ0n) is 11.5. The zero-order chi connectivity index (χ0) is 11.9. The van der Waals surface area contributed by atoms with Gasteiger partial charge in [0.25, 0.3) is 0 Å². The van der Waals surface area contributed by atoms with Gasteiger partial charge in [-0.25, -0.2) is 0 Å². The summed E-state index contributed by atoms with van der Waals surface area (Å²) in [5.74, 6) is 0.661. The van der Waals surface area contributed by atoms with Crippen LogP contribution >= 0.6 is 24.8 Å². The Morgan fingerprint density at radius 3 is 2.17 bits per heavy atom. The second-order valence-corrected chi connectivity index (χ2v) is 10.1. The van der Waals surface area contributed by atoms with E-state index in [2.05, 4.69) is 50.1 Å².